The normalized spacial score (nSPS) is 18.6. The molecule has 5 aromatic carbocycles. The molecular weight excluding hydrogens is 507 g/mol. The molecular formula is C36H33BO2S. The molecule has 0 N–H and O–H groups in total. The lowest BCUT2D eigenvalue weighted by atomic mass is 9.73. The van der Waals surface area contributed by atoms with E-state index in [-0.39, 0.29) is 0 Å². The highest BCUT2D eigenvalue weighted by atomic mass is 32.3. The van der Waals surface area contributed by atoms with Crippen LogP contribution in [0, 0.1) is 0 Å². The number of fused-ring (bicyclic) bond motifs is 3. The molecule has 1 fully saturated rings. The molecule has 0 aromatic heterocycles. The van der Waals surface area contributed by atoms with Gasteiger partial charge in [0, 0.05) is 25.1 Å². The van der Waals surface area contributed by atoms with Crippen molar-refractivity contribution in [3.05, 3.63) is 127 Å². The molecule has 0 spiro atoms. The summed E-state index contributed by atoms with van der Waals surface area (Å²) in [5.74, 6) is 0. The molecule has 40 heavy (non-hydrogen) atoms. The van der Waals surface area contributed by atoms with Crippen molar-refractivity contribution in [2.45, 2.75) is 58.5 Å². The van der Waals surface area contributed by atoms with Crippen molar-refractivity contribution in [1.29, 1.82) is 0 Å². The Bertz CT molecular complexity index is 1660. The molecule has 0 saturated carbocycles. The SMILES string of the molecule is CC1(C)OB(c2ccccc2-c2cccc3c2-c2ccccc2S3(c2ccccc2)c2ccccc2)OC1(C)C. The Morgan fingerprint density at radius 3 is 1.57 bits per heavy atom. The molecule has 0 unspecified atom stereocenters. The van der Waals surface area contributed by atoms with E-state index in [0.717, 1.165) is 11.0 Å². The van der Waals surface area contributed by atoms with Crippen LogP contribution in [0.4, 0.5) is 0 Å². The van der Waals surface area contributed by atoms with E-state index in [0.29, 0.717) is 0 Å². The maximum absolute atomic E-state index is 6.56. The zero-order valence-corrected chi connectivity index (χ0v) is 24.2. The lowest BCUT2D eigenvalue weighted by Crippen LogP contribution is -2.41. The van der Waals surface area contributed by atoms with Crippen LogP contribution >= 0.6 is 10.0 Å². The Balaban J connectivity index is 1.52. The minimum atomic E-state index is -1.70. The van der Waals surface area contributed by atoms with Gasteiger partial charge in [-0.15, -0.1) is 10.0 Å². The number of benzene rings is 5. The van der Waals surface area contributed by atoms with Crippen LogP contribution in [0.2, 0.25) is 0 Å². The van der Waals surface area contributed by atoms with Gasteiger partial charge >= 0.3 is 7.12 Å². The second-order valence-electron chi connectivity index (χ2n) is 11.6. The van der Waals surface area contributed by atoms with E-state index in [1.54, 1.807) is 0 Å². The van der Waals surface area contributed by atoms with E-state index in [4.69, 9.17) is 9.31 Å². The maximum Gasteiger partial charge on any atom is 0.495 e. The van der Waals surface area contributed by atoms with Crippen molar-refractivity contribution in [3.63, 3.8) is 0 Å². The summed E-state index contributed by atoms with van der Waals surface area (Å²) in [6.45, 7) is 8.46. The van der Waals surface area contributed by atoms with Gasteiger partial charge < -0.3 is 9.31 Å². The Morgan fingerprint density at radius 2 is 0.950 bits per heavy atom. The van der Waals surface area contributed by atoms with E-state index in [1.165, 1.54) is 36.3 Å². The minimum Gasteiger partial charge on any atom is -0.399 e. The van der Waals surface area contributed by atoms with Crippen LogP contribution in [0.5, 0.6) is 0 Å². The van der Waals surface area contributed by atoms with Gasteiger partial charge in [-0.1, -0.05) is 91.0 Å². The van der Waals surface area contributed by atoms with Gasteiger partial charge in [-0.05, 0) is 86.2 Å². The molecule has 2 nitrogen and oxygen atoms in total. The molecule has 198 valence electrons. The lowest BCUT2D eigenvalue weighted by Gasteiger charge is -2.39. The first kappa shape index (κ1) is 25.4. The smallest absolute Gasteiger partial charge is 0.399 e. The van der Waals surface area contributed by atoms with Crippen LogP contribution in [-0.4, -0.2) is 18.3 Å². The van der Waals surface area contributed by atoms with Gasteiger partial charge in [-0.25, -0.2) is 0 Å². The van der Waals surface area contributed by atoms with Gasteiger partial charge in [0.15, 0.2) is 0 Å². The topological polar surface area (TPSA) is 18.5 Å². The van der Waals surface area contributed by atoms with Crippen molar-refractivity contribution in [2.24, 2.45) is 0 Å². The van der Waals surface area contributed by atoms with Crippen LogP contribution in [0.3, 0.4) is 0 Å². The first-order chi connectivity index (χ1) is 19.3. The molecule has 2 aliphatic heterocycles. The first-order valence-electron chi connectivity index (χ1n) is 14.0. The summed E-state index contributed by atoms with van der Waals surface area (Å²) in [5, 5.41) is 0. The van der Waals surface area contributed by atoms with Gasteiger partial charge in [0.1, 0.15) is 0 Å². The van der Waals surface area contributed by atoms with Gasteiger partial charge in [0.25, 0.3) is 0 Å². The molecule has 5 aromatic rings. The minimum absolute atomic E-state index is 0.407. The zero-order chi connectivity index (χ0) is 27.5. The van der Waals surface area contributed by atoms with Gasteiger partial charge in [-0.3, -0.25) is 0 Å². The summed E-state index contributed by atoms with van der Waals surface area (Å²) in [6, 6.07) is 46.6. The largest absolute Gasteiger partial charge is 0.495 e. The fourth-order valence-electron chi connectivity index (χ4n) is 6.16. The van der Waals surface area contributed by atoms with Crippen molar-refractivity contribution in [1.82, 2.24) is 0 Å². The molecule has 0 amide bonds. The molecule has 2 aliphatic rings. The average Bonchev–Trinajstić information content (AvgIpc) is 3.41. The van der Waals surface area contributed by atoms with E-state index in [1.807, 2.05) is 0 Å². The third-order valence-electron chi connectivity index (χ3n) is 8.79. The van der Waals surface area contributed by atoms with Gasteiger partial charge in [0.05, 0.1) is 11.2 Å². The number of hydrogen-bond acceptors (Lipinski definition) is 2. The summed E-state index contributed by atoms with van der Waals surface area (Å²) >= 11 is 0. The quantitative estimate of drug-likeness (QED) is 0.208. The molecule has 1 saturated heterocycles. The van der Waals surface area contributed by atoms with Crippen LogP contribution in [-0.2, 0) is 9.31 Å². The van der Waals surface area contributed by atoms with Crippen LogP contribution in [0.1, 0.15) is 27.7 Å². The van der Waals surface area contributed by atoms with E-state index < -0.39 is 28.3 Å². The zero-order valence-electron chi connectivity index (χ0n) is 23.4. The predicted octanol–water partition coefficient (Wildman–Crippen LogP) is 8.97. The summed E-state index contributed by atoms with van der Waals surface area (Å²) < 4.78 is 13.1. The fraction of sp³-hybridized carbons (Fsp3) is 0.167. The Morgan fingerprint density at radius 1 is 0.475 bits per heavy atom. The van der Waals surface area contributed by atoms with Crippen molar-refractivity contribution in [3.8, 4) is 22.3 Å². The summed E-state index contributed by atoms with van der Waals surface area (Å²) in [7, 11) is -2.14. The fourth-order valence-corrected chi connectivity index (χ4v) is 10.4. The Labute approximate surface area is 239 Å². The van der Waals surface area contributed by atoms with Crippen molar-refractivity contribution in [2.75, 3.05) is 0 Å². The van der Waals surface area contributed by atoms with E-state index in [9.17, 15) is 0 Å². The molecule has 7 rings (SSSR count). The number of rotatable bonds is 4. The summed E-state index contributed by atoms with van der Waals surface area (Å²) in [4.78, 5) is 5.47. The highest BCUT2D eigenvalue weighted by molar-refractivity contribution is 8.34. The second kappa shape index (κ2) is 9.24. The molecule has 2 heterocycles. The Kier molecular flexibility index (Phi) is 5.87. The maximum atomic E-state index is 6.56. The van der Waals surface area contributed by atoms with E-state index >= 15 is 0 Å². The van der Waals surface area contributed by atoms with Gasteiger partial charge in [-0.2, -0.15) is 0 Å². The van der Waals surface area contributed by atoms with E-state index in [2.05, 4.69) is 155 Å². The molecule has 0 bridgehead atoms. The van der Waals surface area contributed by atoms with Crippen LogP contribution in [0.15, 0.2) is 147 Å². The third kappa shape index (κ3) is 3.60. The summed E-state index contributed by atoms with van der Waals surface area (Å²) in [5.41, 5.74) is 5.25. The van der Waals surface area contributed by atoms with Crippen LogP contribution in [0.25, 0.3) is 22.3 Å². The number of hydrogen-bond donors (Lipinski definition) is 0. The van der Waals surface area contributed by atoms with Gasteiger partial charge in [0.2, 0.25) is 0 Å². The molecule has 0 radical (unpaired) electrons. The average molecular weight is 541 g/mol. The van der Waals surface area contributed by atoms with Crippen molar-refractivity contribution < 1.29 is 9.31 Å². The first-order valence-corrected chi connectivity index (χ1v) is 15.6. The lowest BCUT2D eigenvalue weighted by molar-refractivity contribution is 0.00578. The highest BCUT2D eigenvalue weighted by Gasteiger charge is 2.52. The summed E-state index contributed by atoms with van der Waals surface area (Å²) in [6.07, 6.45) is 0. The molecule has 0 aliphatic carbocycles. The third-order valence-corrected chi connectivity index (χ3v) is 12.8. The predicted molar refractivity (Wildman–Crippen MR) is 167 cm³/mol. The van der Waals surface area contributed by atoms with Crippen molar-refractivity contribution >= 4 is 22.6 Å². The molecule has 0 atom stereocenters. The van der Waals surface area contributed by atoms with Crippen LogP contribution < -0.4 is 5.46 Å². The molecule has 4 heteroatoms. The highest BCUT2D eigenvalue weighted by Crippen LogP contribution is 2.80. The second-order valence-corrected chi connectivity index (χ2v) is 14.6. The standard InChI is InChI=1S/C36H33BO2S/c1-35(2)36(3,4)39-37(38-35)31-23-13-11-20-28(31)29-22-15-25-33-34(29)30-21-12-14-24-32(30)40(33,26-16-7-5-8-17-26)27-18-9-6-10-19-27/h5-25H,1-4H3. The Hall–Kier alpha value is -3.57. The monoisotopic (exact) mass is 540 g/mol.